The Labute approximate surface area is 86.6 Å². The van der Waals surface area contributed by atoms with Crippen LogP contribution in [0, 0.1) is 0 Å². The van der Waals surface area contributed by atoms with Gasteiger partial charge < -0.3 is 6.32 Å². The van der Waals surface area contributed by atoms with E-state index in [9.17, 15) is 4.57 Å². The van der Waals surface area contributed by atoms with Gasteiger partial charge in [-0.05, 0) is 12.8 Å². The van der Waals surface area contributed by atoms with Crippen LogP contribution in [0.4, 0.5) is 0 Å². The average molecular weight is 174 g/mol. The molecular weight excluding hydrogens is 158 g/mol. The molecule has 4 heteroatoms. The van der Waals surface area contributed by atoms with Gasteiger partial charge >= 0.3 is 29.6 Å². The first-order valence-electron chi connectivity index (χ1n) is 3.43. The summed E-state index contributed by atoms with van der Waals surface area (Å²) in [6.07, 6.45) is 2.60. The molecule has 0 spiro atoms. The third kappa shape index (κ3) is 7.30. The summed E-state index contributed by atoms with van der Waals surface area (Å²) in [4.78, 5) is 9.07. The molecule has 0 saturated carbocycles. The molecule has 1 N–H and O–H groups in total. The molecule has 0 radical (unpaired) electrons. The Morgan fingerprint density at radius 1 is 1.30 bits per heavy atom. The third-order valence-electron chi connectivity index (χ3n) is 1.15. The average Bonchev–Trinajstić information content (AvgIpc) is 1.64. The van der Waals surface area contributed by atoms with Crippen molar-refractivity contribution in [1.29, 1.82) is 0 Å². The van der Waals surface area contributed by atoms with E-state index in [2.05, 4.69) is 0 Å². The molecule has 0 fully saturated rings. The minimum atomic E-state index is -2.69. The largest absolute Gasteiger partial charge is 1.00 e. The molecule has 0 heterocycles. The van der Waals surface area contributed by atoms with Crippen molar-refractivity contribution in [2.45, 2.75) is 26.7 Å². The van der Waals surface area contributed by atoms with Crippen LogP contribution in [-0.2, 0) is 4.57 Å². The zero-order chi connectivity index (χ0) is 7.33. The van der Waals surface area contributed by atoms with Gasteiger partial charge in [-0.3, -0.25) is 4.57 Å². The van der Waals surface area contributed by atoms with Crippen molar-refractivity contribution in [3.8, 4) is 0 Å². The molecule has 0 saturated heterocycles. The normalized spacial score (nSPS) is 10.7. The zero-order valence-electron chi connectivity index (χ0n) is 8.13. The van der Waals surface area contributed by atoms with Crippen molar-refractivity contribution >= 4 is 7.37 Å². The van der Waals surface area contributed by atoms with Gasteiger partial charge in [0.05, 0.1) is 0 Å². The molecule has 0 aromatic rings. The van der Waals surface area contributed by atoms with Crippen LogP contribution in [0.15, 0.2) is 0 Å². The van der Waals surface area contributed by atoms with E-state index in [0.29, 0.717) is 12.3 Å². The summed E-state index contributed by atoms with van der Waals surface area (Å²) in [5.74, 6) is 0. The molecular formula is C6H16NaO2P. The van der Waals surface area contributed by atoms with Crippen LogP contribution in [0.5, 0.6) is 0 Å². The molecule has 0 atom stereocenters. The quantitative estimate of drug-likeness (QED) is 0.447. The second kappa shape index (κ2) is 6.87. The van der Waals surface area contributed by atoms with Crippen molar-refractivity contribution in [1.82, 2.24) is 0 Å². The maximum absolute atomic E-state index is 11.0. The Balaban J connectivity index is -0.000000320. The van der Waals surface area contributed by atoms with Crippen LogP contribution in [0.3, 0.4) is 0 Å². The van der Waals surface area contributed by atoms with Crippen LogP contribution in [0.25, 0.3) is 0 Å². The predicted octanol–water partition coefficient (Wildman–Crippen LogP) is -0.807. The van der Waals surface area contributed by atoms with Crippen LogP contribution in [0.2, 0.25) is 0 Å². The van der Waals surface area contributed by atoms with Crippen LogP contribution in [0.1, 0.15) is 28.1 Å². The number of hydrogen-bond donors (Lipinski definition) is 1. The van der Waals surface area contributed by atoms with Gasteiger partial charge in [0.25, 0.3) is 0 Å². The monoisotopic (exact) mass is 174 g/mol. The molecule has 0 unspecified atom stereocenters. The second-order valence-corrected chi connectivity index (χ2v) is 4.88. The van der Waals surface area contributed by atoms with E-state index in [-0.39, 0.29) is 31.0 Å². The van der Waals surface area contributed by atoms with Crippen molar-refractivity contribution in [3.05, 3.63) is 0 Å². The fourth-order valence-corrected chi connectivity index (χ4v) is 2.43. The van der Waals surface area contributed by atoms with E-state index in [1.807, 2.05) is 13.8 Å². The third-order valence-corrected chi connectivity index (χ3v) is 3.44. The van der Waals surface area contributed by atoms with Gasteiger partial charge in [0.2, 0.25) is 7.37 Å². The molecule has 10 heavy (non-hydrogen) atoms. The van der Waals surface area contributed by atoms with Gasteiger partial charge in [-0.1, -0.05) is 13.8 Å². The van der Waals surface area contributed by atoms with Gasteiger partial charge in [-0.25, -0.2) is 0 Å². The van der Waals surface area contributed by atoms with E-state index >= 15 is 0 Å². The van der Waals surface area contributed by atoms with E-state index in [1.165, 1.54) is 0 Å². The summed E-state index contributed by atoms with van der Waals surface area (Å²) < 4.78 is 11.0. The Hall–Kier alpha value is 1.19. The minimum absolute atomic E-state index is 0. The zero-order valence-corrected chi connectivity index (χ0v) is 10.0. The molecule has 0 rings (SSSR count). The molecule has 0 aromatic heterocycles. The first kappa shape index (κ1) is 13.8. The molecule has 0 aliphatic carbocycles. The van der Waals surface area contributed by atoms with Crippen molar-refractivity contribution in [3.63, 3.8) is 0 Å². The maximum atomic E-state index is 11.0. The van der Waals surface area contributed by atoms with E-state index in [1.54, 1.807) is 0 Å². The van der Waals surface area contributed by atoms with E-state index in [4.69, 9.17) is 4.89 Å². The summed E-state index contributed by atoms with van der Waals surface area (Å²) in [5.41, 5.74) is 0. The van der Waals surface area contributed by atoms with Gasteiger partial charge in [0.1, 0.15) is 0 Å². The van der Waals surface area contributed by atoms with Crippen molar-refractivity contribution in [2.75, 3.05) is 12.3 Å². The topological polar surface area (TPSA) is 37.3 Å². The van der Waals surface area contributed by atoms with Gasteiger partial charge in [0.15, 0.2) is 0 Å². The van der Waals surface area contributed by atoms with E-state index in [0.717, 1.165) is 12.8 Å². The molecule has 2 nitrogen and oxygen atoms in total. The Bertz CT molecular complexity index is 111. The molecule has 0 aliphatic rings. The van der Waals surface area contributed by atoms with Crippen LogP contribution >= 0.6 is 7.37 Å². The smallest absolute Gasteiger partial charge is 1.00 e. The summed E-state index contributed by atoms with van der Waals surface area (Å²) in [5, 5.41) is 0. The van der Waals surface area contributed by atoms with Crippen LogP contribution in [-0.4, -0.2) is 17.2 Å². The standard InChI is InChI=1S/C6H15O2P.Na.H/c1-3-5-9(7,8)6-4-2;;/h3-6H2,1-2H3,(H,7,8);;/q;+1;-1. The van der Waals surface area contributed by atoms with Gasteiger partial charge in [-0.2, -0.15) is 0 Å². The maximum Gasteiger partial charge on any atom is 1.00 e. The van der Waals surface area contributed by atoms with Crippen molar-refractivity contribution < 1.29 is 40.4 Å². The summed E-state index contributed by atoms with van der Waals surface area (Å²) in [6.45, 7) is 3.86. The van der Waals surface area contributed by atoms with Gasteiger partial charge in [0, 0.05) is 12.3 Å². The summed E-state index contributed by atoms with van der Waals surface area (Å²) in [6, 6.07) is 0. The molecule has 0 aromatic carbocycles. The Morgan fingerprint density at radius 2 is 1.60 bits per heavy atom. The van der Waals surface area contributed by atoms with E-state index < -0.39 is 7.37 Å². The fraction of sp³-hybridized carbons (Fsp3) is 1.00. The van der Waals surface area contributed by atoms with Crippen molar-refractivity contribution in [2.24, 2.45) is 0 Å². The Morgan fingerprint density at radius 3 is 1.80 bits per heavy atom. The first-order chi connectivity index (χ1) is 4.12. The number of hydrogen-bond acceptors (Lipinski definition) is 1. The molecule has 0 amide bonds. The minimum Gasteiger partial charge on any atom is -1.00 e. The predicted molar refractivity (Wildman–Crippen MR) is 41.3 cm³/mol. The van der Waals surface area contributed by atoms with Gasteiger partial charge in [-0.15, -0.1) is 0 Å². The van der Waals surface area contributed by atoms with Crippen LogP contribution < -0.4 is 29.6 Å². The SMILES string of the molecule is CCCP(=O)(O)CCC.[H-].[Na+]. The fourth-order valence-electron chi connectivity index (χ4n) is 0.811. The summed E-state index contributed by atoms with van der Waals surface area (Å²) in [7, 11) is -2.69. The molecule has 58 valence electrons. The first-order valence-corrected chi connectivity index (χ1v) is 5.46. The molecule has 0 bridgehead atoms. The Kier molecular flexibility index (Phi) is 9.46. The second-order valence-electron chi connectivity index (χ2n) is 2.29. The molecule has 0 aliphatic heterocycles. The number of rotatable bonds is 4. The summed E-state index contributed by atoms with van der Waals surface area (Å²) >= 11 is 0.